The summed E-state index contributed by atoms with van der Waals surface area (Å²) in [6.07, 6.45) is 0. The van der Waals surface area contributed by atoms with Crippen molar-refractivity contribution >= 4 is 33.2 Å². The third kappa shape index (κ3) is 5.31. The summed E-state index contributed by atoms with van der Waals surface area (Å²) in [5.41, 5.74) is 2.18. The van der Waals surface area contributed by atoms with E-state index in [1.807, 2.05) is 31.2 Å². The SMILES string of the molecule is COCCNS(=O)(=O)c1ccc(C)c(C(=O)N2CCN(c3cccc(Cl)c3)CC2)c1. The number of hydrogen-bond acceptors (Lipinski definition) is 5. The van der Waals surface area contributed by atoms with Gasteiger partial charge in [-0.3, -0.25) is 4.79 Å². The molecule has 3 rings (SSSR count). The first kappa shape index (κ1) is 22.6. The van der Waals surface area contributed by atoms with Crippen molar-refractivity contribution in [1.29, 1.82) is 0 Å². The topological polar surface area (TPSA) is 78.9 Å². The second kappa shape index (κ2) is 9.78. The van der Waals surface area contributed by atoms with E-state index < -0.39 is 10.0 Å². The molecule has 0 aromatic heterocycles. The van der Waals surface area contributed by atoms with Gasteiger partial charge in [0.05, 0.1) is 11.5 Å². The standard InChI is InChI=1S/C21H26ClN3O4S/c1-16-6-7-19(30(27,28)23-8-13-29-2)15-20(16)21(26)25-11-9-24(10-12-25)18-5-3-4-17(22)14-18/h3-7,14-15,23H,8-13H2,1-2H3. The molecular weight excluding hydrogens is 426 g/mol. The van der Waals surface area contributed by atoms with Crippen molar-refractivity contribution in [3.8, 4) is 0 Å². The number of aryl methyl sites for hydroxylation is 1. The number of carbonyl (C=O) groups excluding carboxylic acids is 1. The van der Waals surface area contributed by atoms with Gasteiger partial charge in [-0.05, 0) is 42.8 Å². The van der Waals surface area contributed by atoms with Gasteiger partial charge < -0.3 is 14.5 Å². The molecule has 2 aromatic carbocycles. The van der Waals surface area contributed by atoms with Crippen LogP contribution in [0.2, 0.25) is 5.02 Å². The molecule has 2 aromatic rings. The number of carbonyl (C=O) groups is 1. The molecule has 0 radical (unpaired) electrons. The number of piperazine rings is 1. The molecule has 1 saturated heterocycles. The van der Waals surface area contributed by atoms with E-state index >= 15 is 0 Å². The lowest BCUT2D eigenvalue weighted by Crippen LogP contribution is -2.49. The highest BCUT2D eigenvalue weighted by Crippen LogP contribution is 2.22. The second-order valence-corrected chi connectivity index (χ2v) is 9.33. The largest absolute Gasteiger partial charge is 0.383 e. The van der Waals surface area contributed by atoms with Crippen molar-refractivity contribution in [2.75, 3.05) is 51.3 Å². The number of nitrogens with zero attached hydrogens (tertiary/aromatic N) is 2. The highest BCUT2D eigenvalue weighted by molar-refractivity contribution is 7.89. The molecule has 0 atom stereocenters. The Bertz CT molecular complexity index is 1010. The maximum absolute atomic E-state index is 13.1. The first-order valence-corrected chi connectivity index (χ1v) is 11.6. The molecule has 9 heteroatoms. The first-order chi connectivity index (χ1) is 14.3. The summed E-state index contributed by atoms with van der Waals surface area (Å²) in [4.78, 5) is 17.1. The van der Waals surface area contributed by atoms with Crippen LogP contribution in [0.5, 0.6) is 0 Å². The van der Waals surface area contributed by atoms with Crippen molar-refractivity contribution < 1.29 is 17.9 Å². The number of rotatable bonds is 7. The minimum absolute atomic E-state index is 0.0742. The fourth-order valence-electron chi connectivity index (χ4n) is 3.37. The molecule has 0 bridgehead atoms. The van der Waals surface area contributed by atoms with Gasteiger partial charge in [0.2, 0.25) is 10.0 Å². The molecule has 0 spiro atoms. The molecule has 162 valence electrons. The molecule has 0 saturated carbocycles. The van der Waals surface area contributed by atoms with E-state index in [2.05, 4.69) is 9.62 Å². The lowest BCUT2D eigenvalue weighted by Gasteiger charge is -2.36. The normalized spacial score (nSPS) is 14.8. The smallest absolute Gasteiger partial charge is 0.254 e. The Kier molecular flexibility index (Phi) is 7.36. The third-order valence-corrected chi connectivity index (χ3v) is 6.78. The molecule has 7 nitrogen and oxygen atoms in total. The Hall–Kier alpha value is -2.13. The number of amides is 1. The summed E-state index contributed by atoms with van der Waals surface area (Å²) in [5, 5.41) is 0.679. The number of halogens is 1. The zero-order valence-electron chi connectivity index (χ0n) is 17.1. The van der Waals surface area contributed by atoms with E-state index in [-0.39, 0.29) is 24.0 Å². The van der Waals surface area contributed by atoms with E-state index in [0.717, 1.165) is 11.3 Å². The van der Waals surface area contributed by atoms with Gasteiger partial charge in [-0.1, -0.05) is 23.7 Å². The van der Waals surface area contributed by atoms with Gasteiger partial charge in [0, 0.05) is 56.1 Å². The summed E-state index contributed by atoms with van der Waals surface area (Å²) in [7, 11) is -2.20. The fourth-order valence-corrected chi connectivity index (χ4v) is 4.59. The van der Waals surface area contributed by atoms with Crippen LogP contribution in [0.25, 0.3) is 0 Å². The number of nitrogens with one attached hydrogen (secondary N) is 1. The maximum atomic E-state index is 13.1. The van der Waals surface area contributed by atoms with Gasteiger partial charge in [-0.15, -0.1) is 0 Å². The minimum atomic E-state index is -3.71. The van der Waals surface area contributed by atoms with E-state index in [9.17, 15) is 13.2 Å². The van der Waals surface area contributed by atoms with Gasteiger partial charge in [0.25, 0.3) is 5.91 Å². The van der Waals surface area contributed by atoms with E-state index in [1.54, 1.807) is 11.0 Å². The molecule has 0 unspecified atom stereocenters. The quantitative estimate of drug-likeness (QED) is 0.654. The van der Waals surface area contributed by atoms with Crippen LogP contribution in [0.15, 0.2) is 47.4 Å². The zero-order chi connectivity index (χ0) is 21.7. The van der Waals surface area contributed by atoms with Crippen LogP contribution >= 0.6 is 11.6 Å². The average molecular weight is 452 g/mol. The molecule has 1 aliphatic heterocycles. The maximum Gasteiger partial charge on any atom is 0.254 e. The predicted octanol–water partition coefficient (Wildman–Crippen LogP) is 2.54. The van der Waals surface area contributed by atoms with Crippen molar-refractivity contribution in [1.82, 2.24) is 9.62 Å². The molecule has 1 aliphatic rings. The first-order valence-electron chi connectivity index (χ1n) is 9.71. The Labute approximate surface area is 182 Å². The number of anilines is 1. The van der Waals surface area contributed by atoms with Crippen molar-refractivity contribution in [2.24, 2.45) is 0 Å². The summed E-state index contributed by atoms with van der Waals surface area (Å²) in [6.45, 7) is 4.71. The third-order valence-electron chi connectivity index (χ3n) is 5.09. The predicted molar refractivity (Wildman–Crippen MR) is 118 cm³/mol. The van der Waals surface area contributed by atoms with Gasteiger partial charge in [-0.25, -0.2) is 13.1 Å². The fraction of sp³-hybridized carbons (Fsp3) is 0.381. The Morgan fingerprint density at radius 1 is 1.13 bits per heavy atom. The van der Waals surface area contributed by atoms with E-state index in [4.69, 9.17) is 16.3 Å². The van der Waals surface area contributed by atoms with Gasteiger partial charge in [-0.2, -0.15) is 0 Å². The Morgan fingerprint density at radius 3 is 2.53 bits per heavy atom. The van der Waals surface area contributed by atoms with Crippen LogP contribution in [-0.2, 0) is 14.8 Å². The summed E-state index contributed by atoms with van der Waals surface area (Å²) in [6, 6.07) is 12.3. The van der Waals surface area contributed by atoms with Crippen LogP contribution in [0, 0.1) is 6.92 Å². The van der Waals surface area contributed by atoms with Crippen molar-refractivity contribution in [2.45, 2.75) is 11.8 Å². The molecule has 1 heterocycles. The van der Waals surface area contributed by atoms with Crippen LogP contribution in [-0.4, -0.2) is 65.7 Å². The number of benzene rings is 2. The highest BCUT2D eigenvalue weighted by Gasteiger charge is 2.25. The van der Waals surface area contributed by atoms with Crippen LogP contribution < -0.4 is 9.62 Å². The lowest BCUT2D eigenvalue weighted by atomic mass is 10.1. The summed E-state index contributed by atoms with van der Waals surface area (Å²) in [5.74, 6) is -0.160. The zero-order valence-corrected chi connectivity index (χ0v) is 18.7. The second-order valence-electron chi connectivity index (χ2n) is 7.13. The average Bonchev–Trinajstić information content (AvgIpc) is 2.74. The van der Waals surface area contributed by atoms with Gasteiger partial charge >= 0.3 is 0 Å². The number of hydrogen-bond donors (Lipinski definition) is 1. The van der Waals surface area contributed by atoms with Crippen LogP contribution in [0.1, 0.15) is 15.9 Å². The summed E-state index contributed by atoms with van der Waals surface area (Å²) < 4.78 is 32.3. The van der Waals surface area contributed by atoms with Crippen LogP contribution in [0.3, 0.4) is 0 Å². The molecule has 0 aliphatic carbocycles. The summed E-state index contributed by atoms with van der Waals surface area (Å²) >= 11 is 6.08. The Balaban J connectivity index is 1.71. The number of sulfonamides is 1. The van der Waals surface area contributed by atoms with Gasteiger partial charge in [0.15, 0.2) is 0 Å². The molecule has 30 heavy (non-hydrogen) atoms. The van der Waals surface area contributed by atoms with Crippen molar-refractivity contribution in [3.05, 3.63) is 58.6 Å². The lowest BCUT2D eigenvalue weighted by molar-refractivity contribution is 0.0746. The molecule has 1 fully saturated rings. The van der Waals surface area contributed by atoms with Crippen LogP contribution in [0.4, 0.5) is 5.69 Å². The molecule has 1 N–H and O–H groups in total. The highest BCUT2D eigenvalue weighted by atomic mass is 35.5. The minimum Gasteiger partial charge on any atom is -0.383 e. The number of methoxy groups -OCH3 is 1. The van der Waals surface area contributed by atoms with Gasteiger partial charge in [0.1, 0.15) is 0 Å². The number of ether oxygens (including phenoxy) is 1. The molecular formula is C21H26ClN3O4S. The van der Waals surface area contributed by atoms with E-state index in [1.165, 1.54) is 19.2 Å². The van der Waals surface area contributed by atoms with Crippen molar-refractivity contribution in [3.63, 3.8) is 0 Å². The monoisotopic (exact) mass is 451 g/mol. The Morgan fingerprint density at radius 2 is 1.87 bits per heavy atom. The van der Waals surface area contributed by atoms with E-state index in [0.29, 0.717) is 36.8 Å². The molecule has 1 amide bonds.